The van der Waals surface area contributed by atoms with E-state index in [1.807, 2.05) is 6.92 Å². The first kappa shape index (κ1) is 14.2. The number of nitrogens with one attached hydrogen (secondary N) is 2. The van der Waals surface area contributed by atoms with E-state index in [2.05, 4.69) is 20.7 Å². The Morgan fingerprint density at radius 3 is 2.40 bits per heavy atom. The van der Waals surface area contributed by atoms with Crippen LogP contribution in [0.3, 0.4) is 0 Å². The fourth-order valence-electron chi connectivity index (χ4n) is 1.56. The molecular formula is C12H15N5O2S. The summed E-state index contributed by atoms with van der Waals surface area (Å²) >= 11 is 0. The average Bonchev–Trinajstić information content (AvgIpc) is 2.41. The standard InChI is InChI=1S/C12H15N5O2S/c1-8-7-14-12(17-13)16-11(8)15-9-3-5-10(6-4-9)20(2,18)19/h3-7H,13H2,1-2H3,(H2,14,15,16,17). The van der Waals surface area contributed by atoms with Crippen LogP contribution in [-0.2, 0) is 9.84 Å². The Hall–Kier alpha value is -2.19. The van der Waals surface area contributed by atoms with Gasteiger partial charge in [0.1, 0.15) is 5.82 Å². The van der Waals surface area contributed by atoms with Crippen LogP contribution in [0.1, 0.15) is 5.56 Å². The number of anilines is 3. The number of hydrogen-bond acceptors (Lipinski definition) is 7. The lowest BCUT2D eigenvalue weighted by Crippen LogP contribution is -2.11. The van der Waals surface area contributed by atoms with E-state index in [9.17, 15) is 8.42 Å². The van der Waals surface area contributed by atoms with Gasteiger partial charge in [-0.1, -0.05) is 0 Å². The maximum Gasteiger partial charge on any atom is 0.239 e. The van der Waals surface area contributed by atoms with Crippen LogP contribution in [-0.4, -0.2) is 24.6 Å². The fourth-order valence-corrected chi connectivity index (χ4v) is 2.19. The summed E-state index contributed by atoms with van der Waals surface area (Å²) in [6, 6.07) is 6.42. The van der Waals surface area contributed by atoms with Gasteiger partial charge in [-0.3, -0.25) is 5.43 Å². The van der Waals surface area contributed by atoms with Gasteiger partial charge in [-0.15, -0.1) is 0 Å². The van der Waals surface area contributed by atoms with E-state index in [1.165, 1.54) is 18.4 Å². The van der Waals surface area contributed by atoms with E-state index in [4.69, 9.17) is 5.84 Å². The van der Waals surface area contributed by atoms with Crippen LogP contribution in [0.5, 0.6) is 0 Å². The quantitative estimate of drug-likeness (QED) is 0.574. The second kappa shape index (κ2) is 5.43. The number of hydrazine groups is 1. The lowest BCUT2D eigenvalue weighted by atomic mass is 10.3. The van der Waals surface area contributed by atoms with Gasteiger partial charge < -0.3 is 5.32 Å². The Balaban J connectivity index is 2.26. The molecule has 4 N–H and O–H groups in total. The molecule has 20 heavy (non-hydrogen) atoms. The summed E-state index contributed by atoms with van der Waals surface area (Å²) in [5, 5.41) is 3.08. The third kappa shape index (κ3) is 3.22. The number of nitrogens with two attached hydrogens (primary N) is 1. The van der Waals surface area contributed by atoms with Gasteiger partial charge in [0.15, 0.2) is 9.84 Å². The lowest BCUT2D eigenvalue weighted by molar-refractivity contribution is 0.602. The Bertz CT molecular complexity index is 713. The van der Waals surface area contributed by atoms with Crippen LogP contribution in [0.15, 0.2) is 35.4 Å². The number of benzene rings is 1. The molecule has 0 aliphatic rings. The first-order valence-electron chi connectivity index (χ1n) is 5.77. The number of sulfone groups is 1. The SMILES string of the molecule is Cc1cnc(NN)nc1Nc1ccc(S(C)(=O)=O)cc1. The Morgan fingerprint density at radius 1 is 1.20 bits per heavy atom. The van der Waals surface area contributed by atoms with E-state index < -0.39 is 9.84 Å². The molecule has 0 spiro atoms. The summed E-state index contributed by atoms with van der Waals surface area (Å²) in [5.74, 6) is 6.15. The minimum Gasteiger partial charge on any atom is -0.340 e. The molecule has 0 unspecified atom stereocenters. The number of aryl methyl sites for hydroxylation is 1. The van der Waals surface area contributed by atoms with Crippen LogP contribution >= 0.6 is 0 Å². The molecule has 1 aromatic heterocycles. The zero-order chi connectivity index (χ0) is 14.8. The smallest absolute Gasteiger partial charge is 0.239 e. The van der Waals surface area contributed by atoms with E-state index >= 15 is 0 Å². The summed E-state index contributed by atoms with van der Waals surface area (Å²) in [6.45, 7) is 1.85. The molecule has 0 radical (unpaired) electrons. The lowest BCUT2D eigenvalue weighted by Gasteiger charge is -2.10. The highest BCUT2D eigenvalue weighted by Gasteiger charge is 2.07. The summed E-state index contributed by atoms with van der Waals surface area (Å²) in [6.07, 6.45) is 2.80. The monoisotopic (exact) mass is 293 g/mol. The number of nitrogens with zero attached hydrogens (tertiary/aromatic N) is 2. The molecule has 8 heteroatoms. The first-order chi connectivity index (χ1) is 9.40. The largest absolute Gasteiger partial charge is 0.340 e. The zero-order valence-electron chi connectivity index (χ0n) is 11.1. The van der Waals surface area contributed by atoms with Crippen LogP contribution in [0.2, 0.25) is 0 Å². The van der Waals surface area contributed by atoms with Crippen molar-refractivity contribution in [1.29, 1.82) is 0 Å². The van der Waals surface area contributed by atoms with Crippen molar-refractivity contribution < 1.29 is 8.42 Å². The highest BCUT2D eigenvalue weighted by Crippen LogP contribution is 2.20. The van der Waals surface area contributed by atoms with Crippen LogP contribution in [0.4, 0.5) is 17.5 Å². The summed E-state index contributed by atoms with van der Waals surface area (Å²) < 4.78 is 22.8. The van der Waals surface area contributed by atoms with Crippen molar-refractivity contribution in [2.24, 2.45) is 5.84 Å². The van der Waals surface area contributed by atoms with Gasteiger partial charge >= 0.3 is 0 Å². The zero-order valence-corrected chi connectivity index (χ0v) is 11.9. The summed E-state index contributed by atoms with van der Waals surface area (Å²) in [5.41, 5.74) is 3.94. The normalized spacial score (nSPS) is 11.2. The highest BCUT2D eigenvalue weighted by molar-refractivity contribution is 7.90. The van der Waals surface area contributed by atoms with Crippen LogP contribution in [0.25, 0.3) is 0 Å². The molecule has 0 atom stereocenters. The van der Waals surface area contributed by atoms with Gasteiger partial charge in [0.05, 0.1) is 4.90 Å². The van der Waals surface area contributed by atoms with E-state index in [0.29, 0.717) is 11.8 Å². The molecule has 1 heterocycles. The Morgan fingerprint density at radius 2 is 1.85 bits per heavy atom. The molecule has 0 saturated carbocycles. The Kier molecular flexibility index (Phi) is 3.86. The number of rotatable bonds is 4. The molecule has 1 aromatic carbocycles. The highest BCUT2D eigenvalue weighted by atomic mass is 32.2. The van der Waals surface area contributed by atoms with Gasteiger partial charge in [0.2, 0.25) is 5.95 Å². The van der Waals surface area contributed by atoms with Crippen molar-refractivity contribution in [1.82, 2.24) is 9.97 Å². The molecule has 7 nitrogen and oxygen atoms in total. The van der Waals surface area contributed by atoms with Gasteiger partial charge in [-0.25, -0.2) is 19.2 Å². The predicted octanol–water partition coefficient (Wildman–Crippen LogP) is 1.22. The van der Waals surface area contributed by atoms with E-state index in [-0.39, 0.29) is 4.90 Å². The topological polar surface area (TPSA) is 110 Å². The van der Waals surface area contributed by atoms with Crippen molar-refractivity contribution in [3.63, 3.8) is 0 Å². The van der Waals surface area contributed by atoms with Crippen molar-refractivity contribution in [2.75, 3.05) is 17.0 Å². The molecule has 2 aromatic rings. The summed E-state index contributed by atoms with van der Waals surface area (Å²) in [7, 11) is -3.19. The molecule has 106 valence electrons. The molecule has 0 fully saturated rings. The van der Waals surface area contributed by atoms with E-state index in [0.717, 1.165) is 11.3 Å². The minimum absolute atomic E-state index is 0.270. The number of aromatic nitrogens is 2. The molecule has 0 aliphatic carbocycles. The van der Waals surface area contributed by atoms with Crippen molar-refractivity contribution in [3.05, 3.63) is 36.0 Å². The van der Waals surface area contributed by atoms with Crippen LogP contribution in [0, 0.1) is 6.92 Å². The third-order valence-electron chi connectivity index (χ3n) is 2.65. The van der Waals surface area contributed by atoms with E-state index in [1.54, 1.807) is 18.3 Å². The molecule has 0 saturated heterocycles. The average molecular weight is 293 g/mol. The maximum atomic E-state index is 11.4. The van der Waals surface area contributed by atoms with Gasteiger partial charge in [0.25, 0.3) is 0 Å². The Labute approximate surface area is 117 Å². The van der Waals surface area contributed by atoms with Crippen molar-refractivity contribution >= 4 is 27.3 Å². The van der Waals surface area contributed by atoms with Gasteiger partial charge in [-0.2, -0.15) is 4.98 Å². The number of hydrogen-bond donors (Lipinski definition) is 3. The molecule has 0 aliphatic heterocycles. The fraction of sp³-hybridized carbons (Fsp3) is 0.167. The van der Waals surface area contributed by atoms with Gasteiger partial charge in [0, 0.05) is 23.7 Å². The second-order valence-corrected chi connectivity index (χ2v) is 6.31. The van der Waals surface area contributed by atoms with Gasteiger partial charge in [-0.05, 0) is 31.2 Å². The molecule has 0 bridgehead atoms. The second-order valence-electron chi connectivity index (χ2n) is 4.29. The van der Waals surface area contributed by atoms with Crippen molar-refractivity contribution in [3.8, 4) is 0 Å². The molecular weight excluding hydrogens is 278 g/mol. The first-order valence-corrected chi connectivity index (χ1v) is 7.66. The van der Waals surface area contributed by atoms with Crippen LogP contribution < -0.4 is 16.6 Å². The molecule has 2 rings (SSSR count). The maximum absolute atomic E-state index is 11.4. The number of nitrogen functional groups attached to an aromatic ring is 1. The summed E-state index contributed by atoms with van der Waals surface area (Å²) in [4.78, 5) is 8.43. The predicted molar refractivity (Wildman–Crippen MR) is 77.4 cm³/mol. The minimum atomic E-state index is -3.19. The van der Waals surface area contributed by atoms with Crippen molar-refractivity contribution in [2.45, 2.75) is 11.8 Å². The third-order valence-corrected chi connectivity index (χ3v) is 3.77. The molecule has 0 amide bonds.